The molecule has 2 rings (SSSR count). The third kappa shape index (κ3) is 6.03. The van der Waals surface area contributed by atoms with Crippen LogP contribution < -0.4 is 5.32 Å². The van der Waals surface area contributed by atoms with Gasteiger partial charge in [-0.15, -0.1) is 0 Å². The van der Waals surface area contributed by atoms with Gasteiger partial charge in [0, 0.05) is 29.2 Å². The van der Waals surface area contributed by atoms with Crippen molar-refractivity contribution in [2.75, 3.05) is 0 Å². The maximum Gasteiger partial charge on any atom is 0.273 e. The van der Waals surface area contributed by atoms with E-state index in [-0.39, 0.29) is 30.6 Å². The van der Waals surface area contributed by atoms with Gasteiger partial charge in [0.05, 0.1) is 11.3 Å². The zero-order chi connectivity index (χ0) is 22.3. The number of carbonyl (C=O) groups is 2. The van der Waals surface area contributed by atoms with E-state index in [1.54, 1.807) is 49.4 Å². The smallest absolute Gasteiger partial charge is 0.273 e. The summed E-state index contributed by atoms with van der Waals surface area (Å²) in [5.41, 5.74) is 0.865. The zero-order valence-corrected chi connectivity index (χ0v) is 18.1. The van der Waals surface area contributed by atoms with Crippen LogP contribution in [0.5, 0.6) is 0 Å². The van der Waals surface area contributed by atoms with E-state index in [1.165, 1.54) is 11.0 Å². The Kier molecular flexibility index (Phi) is 8.35. The van der Waals surface area contributed by atoms with Crippen LogP contribution in [0.4, 0.5) is 5.69 Å². The number of carbonyl (C=O) groups excluding carboxylic acids is 2. The van der Waals surface area contributed by atoms with Crippen molar-refractivity contribution in [1.29, 1.82) is 0 Å². The molecule has 0 fully saturated rings. The molecule has 0 aromatic heterocycles. The number of nitrogens with zero attached hydrogens (tertiary/aromatic N) is 2. The van der Waals surface area contributed by atoms with Gasteiger partial charge in [-0.25, -0.2) is 0 Å². The topological polar surface area (TPSA) is 92.6 Å². The molecular weight excluding hydrogens is 406 g/mol. The Balaban J connectivity index is 2.32. The van der Waals surface area contributed by atoms with E-state index < -0.39 is 16.9 Å². The molecule has 0 aliphatic rings. The van der Waals surface area contributed by atoms with Gasteiger partial charge in [-0.3, -0.25) is 19.7 Å². The van der Waals surface area contributed by atoms with Crippen LogP contribution in [0.15, 0.2) is 48.5 Å². The van der Waals surface area contributed by atoms with Crippen LogP contribution in [0.3, 0.4) is 0 Å². The summed E-state index contributed by atoms with van der Waals surface area (Å²) in [6, 6.07) is 12.4. The van der Waals surface area contributed by atoms with Gasteiger partial charge in [-0.2, -0.15) is 0 Å². The average molecular weight is 432 g/mol. The molecule has 0 aliphatic carbocycles. The second-order valence-electron chi connectivity index (χ2n) is 7.17. The van der Waals surface area contributed by atoms with Gasteiger partial charge in [-0.1, -0.05) is 54.9 Å². The van der Waals surface area contributed by atoms with Crippen LogP contribution >= 0.6 is 11.6 Å². The minimum atomic E-state index is -0.773. The first-order valence-corrected chi connectivity index (χ1v) is 10.2. The number of halogens is 1. The summed E-state index contributed by atoms with van der Waals surface area (Å²) in [4.78, 5) is 38.1. The second-order valence-corrected chi connectivity index (χ2v) is 7.58. The van der Waals surface area contributed by atoms with Crippen molar-refractivity contribution in [1.82, 2.24) is 10.2 Å². The molecule has 0 spiro atoms. The zero-order valence-electron chi connectivity index (χ0n) is 17.3. The number of rotatable bonds is 9. The molecule has 0 unspecified atom stereocenters. The minimum Gasteiger partial charge on any atom is -0.352 e. The first-order valence-electron chi connectivity index (χ1n) is 9.80. The quantitative estimate of drug-likeness (QED) is 0.477. The molecule has 30 heavy (non-hydrogen) atoms. The molecule has 0 radical (unpaired) electrons. The molecule has 2 aromatic rings. The van der Waals surface area contributed by atoms with Crippen molar-refractivity contribution < 1.29 is 14.5 Å². The summed E-state index contributed by atoms with van der Waals surface area (Å²) in [5, 5.41) is 14.7. The molecule has 2 amide bonds. The maximum absolute atomic E-state index is 13.2. The fraction of sp³-hybridized carbons (Fsp3) is 0.364. The summed E-state index contributed by atoms with van der Waals surface area (Å²) < 4.78 is 0. The Labute approximate surface area is 181 Å². The highest BCUT2D eigenvalue weighted by atomic mass is 35.5. The van der Waals surface area contributed by atoms with Crippen LogP contribution in [-0.4, -0.2) is 33.7 Å². The molecule has 1 N–H and O–H groups in total. The molecule has 0 bridgehead atoms. The third-order valence-electron chi connectivity index (χ3n) is 5.00. The molecule has 0 saturated heterocycles. The molecule has 0 aliphatic heterocycles. The van der Waals surface area contributed by atoms with Crippen LogP contribution in [-0.2, 0) is 22.6 Å². The lowest BCUT2D eigenvalue weighted by molar-refractivity contribution is -0.385. The largest absolute Gasteiger partial charge is 0.352 e. The minimum absolute atomic E-state index is 0.0348. The fourth-order valence-corrected chi connectivity index (χ4v) is 3.16. The first kappa shape index (κ1) is 23.3. The van der Waals surface area contributed by atoms with Crippen molar-refractivity contribution in [2.45, 2.75) is 52.2 Å². The number of hydrogen-bond donors (Lipinski definition) is 1. The predicted molar refractivity (Wildman–Crippen MR) is 116 cm³/mol. The van der Waals surface area contributed by atoms with Crippen molar-refractivity contribution in [3.8, 4) is 0 Å². The van der Waals surface area contributed by atoms with E-state index in [0.29, 0.717) is 16.1 Å². The fourth-order valence-electron chi connectivity index (χ4n) is 2.96. The second kappa shape index (κ2) is 10.7. The van der Waals surface area contributed by atoms with E-state index in [1.807, 2.05) is 13.8 Å². The molecule has 0 saturated carbocycles. The van der Waals surface area contributed by atoms with Gasteiger partial charge >= 0.3 is 0 Å². The molecule has 7 nitrogen and oxygen atoms in total. The van der Waals surface area contributed by atoms with Crippen LogP contribution in [0.25, 0.3) is 0 Å². The van der Waals surface area contributed by atoms with Crippen molar-refractivity contribution >= 4 is 29.1 Å². The number of nitrogens with one attached hydrogen (secondary N) is 1. The van der Waals surface area contributed by atoms with Crippen molar-refractivity contribution in [3.63, 3.8) is 0 Å². The molecule has 8 heteroatoms. The van der Waals surface area contributed by atoms with Gasteiger partial charge < -0.3 is 10.2 Å². The SMILES string of the molecule is CC[C@H](C)NC(=O)[C@@H](C)N(Cc1ccccc1Cl)C(=O)Cc1ccccc1[N+](=O)[O-]. The van der Waals surface area contributed by atoms with Crippen LogP contribution in [0.1, 0.15) is 38.3 Å². The van der Waals surface area contributed by atoms with Crippen molar-refractivity contribution in [2.24, 2.45) is 0 Å². The van der Waals surface area contributed by atoms with Gasteiger partial charge in [0.15, 0.2) is 0 Å². The lowest BCUT2D eigenvalue weighted by Gasteiger charge is -2.30. The lowest BCUT2D eigenvalue weighted by atomic mass is 10.1. The maximum atomic E-state index is 13.2. The summed E-state index contributed by atoms with van der Waals surface area (Å²) in [6.07, 6.45) is 0.565. The Morgan fingerprint density at radius 3 is 2.30 bits per heavy atom. The van der Waals surface area contributed by atoms with E-state index in [4.69, 9.17) is 11.6 Å². The Bertz CT molecular complexity index is 919. The highest BCUT2D eigenvalue weighted by Crippen LogP contribution is 2.22. The van der Waals surface area contributed by atoms with Gasteiger partial charge in [0.2, 0.25) is 11.8 Å². The Morgan fingerprint density at radius 1 is 1.10 bits per heavy atom. The first-order chi connectivity index (χ1) is 14.2. The standard InChI is InChI=1S/C22H26ClN3O4/c1-4-15(2)24-22(28)16(3)25(14-18-10-5-7-11-19(18)23)21(27)13-17-9-6-8-12-20(17)26(29)30/h5-12,15-16H,4,13-14H2,1-3H3,(H,24,28)/t15-,16+/m0/s1. The highest BCUT2D eigenvalue weighted by Gasteiger charge is 2.28. The third-order valence-corrected chi connectivity index (χ3v) is 5.37. The number of nitro groups is 1. The summed E-state index contributed by atoms with van der Waals surface area (Å²) in [7, 11) is 0. The molecule has 2 atom stereocenters. The molecular formula is C22H26ClN3O4. The average Bonchev–Trinajstić information content (AvgIpc) is 2.72. The Morgan fingerprint density at radius 2 is 1.70 bits per heavy atom. The molecule has 0 heterocycles. The van der Waals surface area contributed by atoms with Crippen molar-refractivity contribution in [3.05, 3.63) is 74.8 Å². The van der Waals surface area contributed by atoms with Crippen LogP contribution in [0.2, 0.25) is 5.02 Å². The lowest BCUT2D eigenvalue weighted by Crippen LogP contribution is -2.50. The number of hydrogen-bond acceptors (Lipinski definition) is 4. The molecule has 2 aromatic carbocycles. The van der Waals surface area contributed by atoms with Crippen LogP contribution in [0, 0.1) is 10.1 Å². The van der Waals surface area contributed by atoms with Gasteiger partial charge in [0.1, 0.15) is 6.04 Å². The van der Waals surface area contributed by atoms with E-state index >= 15 is 0 Å². The highest BCUT2D eigenvalue weighted by molar-refractivity contribution is 6.31. The van der Waals surface area contributed by atoms with E-state index in [9.17, 15) is 19.7 Å². The summed E-state index contributed by atoms with van der Waals surface area (Å²) >= 11 is 6.26. The number of amides is 2. The predicted octanol–water partition coefficient (Wildman–Crippen LogP) is 4.12. The summed E-state index contributed by atoms with van der Waals surface area (Å²) in [5.74, 6) is -0.677. The number of benzene rings is 2. The summed E-state index contributed by atoms with van der Waals surface area (Å²) in [6.45, 7) is 5.61. The molecule has 160 valence electrons. The number of nitro benzene ring substituents is 1. The van der Waals surface area contributed by atoms with Gasteiger partial charge in [0.25, 0.3) is 5.69 Å². The normalized spacial score (nSPS) is 12.7. The van der Waals surface area contributed by atoms with E-state index in [0.717, 1.165) is 6.42 Å². The number of para-hydroxylation sites is 1. The Hall–Kier alpha value is -2.93. The monoisotopic (exact) mass is 431 g/mol. The van der Waals surface area contributed by atoms with Gasteiger partial charge in [-0.05, 0) is 31.9 Å². The van der Waals surface area contributed by atoms with E-state index in [2.05, 4.69) is 5.32 Å².